The van der Waals surface area contributed by atoms with E-state index < -0.39 is 5.82 Å². The van der Waals surface area contributed by atoms with Gasteiger partial charge >= 0.3 is 0 Å². The molecule has 0 aromatic carbocycles. The van der Waals surface area contributed by atoms with Crippen molar-refractivity contribution < 1.29 is 9.18 Å². The number of amides is 1. The quantitative estimate of drug-likeness (QED) is 0.884. The smallest absolute Gasteiger partial charge is 0.223 e. The molecule has 8 heteroatoms. The molecule has 1 fully saturated rings. The van der Waals surface area contributed by atoms with E-state index in [9.17, 15) is 9.18 Å². The maximum absolute atomic E-state index is 13.0. The topological polar surface area (TPSA) is 71.0 Å². The monoisotopic (exact) mass is 363 g/mol. The predicted octanol–water partition coefficient (Wildman–Crippen LogP) is 2.73. The molecule has 25 heavy (non-hydrogen) atoms. The third kappa shape index (κ3) is 5.02. The first-order chi connectivity index (χ1) is 12.0. The van der Waals surface area contributed by atoms with E-state index in [4.69, 9.17) is 0 Å². The van der Waals surface area contributed by atoms with Crippen LogP contribution in [0, 0.1) is 17.7 Å². The number of carbonyl (C=O) groups excluding carboxylic acids is 1. The van der Waals surface area contributed by atoms with Gasteiger partial charge in [0.25, 0.3) is 0 Å². The van der Waals surface area contributed by atoms with Crippen LogP contribution in [0.1, 0.15) is 31.0 Å². The normalized spacial score (nSPS) is 21.2. The summed E-state index contributed by atoms with van der Waals surface area (Å²) in [5.74, 6) is 1.23. The summed E-state index contributed by atoms with van der Waals surface area (Å²) in [6.45, 7) is 6.55. The maximum Gasteiger partial charge on any atom is 0.223 e. The molecule has 0 radical (unpaired) electrons. The molecule has 0 bridgehead atoms. The molecule has 3 heterocycles. The fraction of sp³-hybridized carbons (Fsp3) is 0.529. The van der Waals surface area contributed by atoms with Gasteiger partial charge in [0, 0.05) is 37.5 Å². The first-order valence-electron chi connectivity index (χ1n) is 8.40. The van der Waals surface area contributed by atoms with Crippen LogP contribution < -0.4 is 5.32 Å². The molecule has 134 valence electrons. The van der Waals surface area contributed by atoms with Crippen molar-refractivity contribution in [3.63, 3.8) is 0 Å². The number of aromatic nitrogens is 3. The van der Waals surface area contributed by atoms with Crippen LogP contribution in [0.15, 0.2) is 18.6 Å². The van der Waals surface area contributed by atoms with Gasteiger partial charge in [-0.15, -0.1) is 11.3 Å². The van der Waals surface area contributed by atoms with E-state index in [2.05, 4.69) is 32.1 Å². The summed E-state index contributed by atoms with van der Waals surface area (Å²) in [6, 6.07) is 0. The van der Waals surface area contributed by atoms with Crippen molar-refractivity contribution in [3.05, 3.63) is 35.1 Å². The van der Waals surface area contributed by atoms with Crippen LogP contribution in [-0.4, -0.2) is 38.8 Å². The Balaban J connectivity index is 1.59. The van der Waals surface area contributed by atoms with Crippen molar-refractivity contribution in [2.24, 2.45) is 11.8 Å². The lowest BCUT2D eigenvalue weighted by Gasteiger charge is -2.36. The molecular weight excluding hydrogens is 341 g/mol. The van der Waals surface area contributed by atoms with Gasteiger partial charge in [0.15, 0.2) is 10.9 Å². The largest absolute Gasteiger partial charge is 0.302 e. The number of halogens is 1. The average Bonchev–Trinajstić information content (AvgIpc) is 2.99. The van der Waals surface area contributed by atoms with Gasteiger partial charge in [-0.3, -0.25) is 9.69 Å². The highest BCUT2D eigenvalue weighted by molar-refractivity contribution is 7.15. The van der Waals surface area contributed by atoms with Gasteiger partial charge in [-0.2, -0.15) is 0 Å². The predicted molar refractivity (Wildman–Crippen MR) is 94.7 cm³/mol. The minimum absolute atomic E-state index is 0.105. The molecule has 2 unspecified atom stereocenters. The third-order valence-electron chi connectivity index (χ3n) is 4.53. The lowest BCUT2D eigenvalue weighted by Crippen LogP contribution is -2.40. The Labute approximate surface area is 150 Å². The zero-order chi connectivity index (χ0) is 17.8. The molecular formula is C17H22FN5OS. The zero-order valence-electron chi connectivity index (χ0n) is 14.4. The van der Waals surface area contributed by atoms with Crippen LogP contribution in [0.5, 0.6) is 0 Å². The van der Waals surface area contributed by atoms with Crippen molar-refractivity contribution in [3.8, 4) is 0 Å². The molecule has 3 rings (SSSR count). The van der Waals surface area contributed by atoms with E-state index in [0.717, 1.165) is 37.4 Å². The highest BCUT2D eigenvalue weighted by Crippen LogP contribution is 2.28. The Bertz CT molecular complexity index is 720. The van der Waals surface area contributed by atoms with Gasteiger partial charge in [0.05, 0.1) is 12.4 Å². The van der Waals surface area contributed by atoms with Crippen LogP contribution in [0.2, 0.25) is 0 Å². The number of hydrogen-bond donors (Lipinski definition) is 1. The van der Waals surface area contributed by atoms with Crippen molar-refractivity contribution in [2.45, 2.75) is 33.2 Å². The molecule has 0 aliphatic carbocycles. The first kappa shape index (κ1) is 17.9. The van der Waals surface area contributed by atoms with Gasteiger partial charge in [-0.1, -0.05) is 6.92 Å². The summed E-state index contributed by atoms with van der Waals surface area (Å²) in [7, 11) is 0. The van der Waals surface area contributed by atoms with Crippen molar-refractivity contribution >= 4 is 22.4 Å². The Morgan fingerprint density at radius 1 is 1.36 bits per heavy atom. The van der Waals surface area contributed by atoms with Crippen molar-refractivity contribution in [1.82, 2.24) is 19.9 Å². The van der Waals surface area contributed by atoms with Gasteiger partial charge < -0.3 is 5.32 Å². The van der Waals surface area contributed by atoms with E-state index in [-0.39, 0.29) is 5.91 Å². The Morgan fingerprint density at radius 2 is 2.12 bits per heavy atom. The Kier molecular flexibility index (Phi) is 5.70. The molecule has 2 aromatic heterocycles. The minimum atomic E-state index is -0.401. The molecule has 6 nitrogen and oxygen atoms in total. The number of anilines is 1. The second kappa shape index (κ2) is 7.97. The SMILES string of the molecule is CC(=O)Nc1ncc(CN2CCC(C)C(Cc3ncc(F)cn3)C2)s1. The van der Waals surface area contributed by atoms with Crippen LogP contribution in [0.25, 0.3) is 0 Å². The molecule has 1 N–H and O–H groups in total. The van der Waals surface area contributed by atoms with Gasteiger partial charge in [-0.25, -0.2) is 19.3 Å². The molecule has 2 atom stereocenters. The Morgan fingerprint density at radius 3 is 2.84 bits per heavy atom. The number of nitrogens with zero attached hydrogens (tertiary/aromatic N) is 4. The highest BCUT2D eigenvalue weighted by atomic mass is 32.1. The number of piperidine rings is 1. The number of likely N-dealkylation sites (tertiary alicyclic amines) is 1. The van der Waals surface area contributed by atoms with E-state index in [0.29, 0.717) is 22.8 Å². The first-order valence-corrected chi connectivity index (χ1v) is 9.22. The summed E-state index contributed by atoms with van der Waals surface area (Å²) in [4.78, 5) is 27.1. The molecule has 0 spiro atoms. The fourth-order valence-electron chi connectivity index (χ4n) is 3.12. The van der Waals surface area contributed by atoms with Gasteiger partial charge in [0.2, 0.25) is 5.91 Å². The van der Waals surface area contributed by atoms with E-state index >= 15 is 0 Å². The molecule has 1 aliphatic rings. The summed E-state index contributed by atoms with van der Waals surface area (Å²) < 4.78 is 13.0. The Hall–Kier alpha value is -1.93. The average molecular weight is 363 g/mol. The van der Waals surface area contributed by atoms with Crippen molar-refractivity contribution in [2.75, 3.05) is 18.4 Å². The van der Waals surface area contributed by atoms with Crippen LogP contribution >= 0.6 is 11.3 Å². The van der Waals surface area contributed by atoms with Crippen LogP contribution in [0.4, 0.5) is 9.52 Å². The maximum atomic E-state index is 13.0. The second-order valence-electron chi connectivity index (χ2n) is 6.60. The number of hydrogen-bond acceptors (Lipinski definition) is 6. The molecule has 0 saturated carbocycles. The van der Waals surface area contributed by atoms with Gasteiger partial charge in [-0.05, 0) is 24.8 Å². The molecule has 2 aromatic rings. The highest BCUT2D eigenvalue weighted by Gasteiger charge is 2.27. The summed E-state index contributed by atoms with van der Waals surface area (Å²) in [5.41, 5.74) is 0. The lowest BCUT2D eigenvalue weighted by molar-refractivity contribution is -0.114. The summed E-state index contributed by atoms with van der Waals surface area (Å²) in [5, 5.41) is 3.36. The van der Waals surface area contributed by atoms with E-state index in [1.165, 1.54) is 30.7 Å². The lowest BCUT2D eigenvalue weighted by atomic mass is 9.84. The van der Waals surface area contributed by atoms with Crippen molar-refractivity contribution in [1.29, 1.82) is 0 Å². The number of nitrogens with one attached hydrogen (secondary N) is 1. The summed E-state index contributed by atoms with van der Waals surface area (Å²) >= 11 is 1.51. The molecule has 1 aliphatic heterocycles. The molecule has 1 amide bonds. The van der Waals surface area contributed by atoms with Gasteiger partial charge in [0.1, 0.15) is 5.82 Å². The van der Waals surface area contributed by atoms with E-state index in [1.54, 1.807) is 0 Å². The number of thiazole rings is 1. The third-order valence-corrected chi connectivity index (χ3v) is 5.43. The number of carbonyl (C=O) groups is 1. The zero-order valence-corrected chi connectivity index (χ0v) is 15.2. The number of rotatable bonds is 5. The standard InChI is InChI=1S/C17H22FN5OS/c1-11-3-4-23(10-15-8-21-17(25-15)22-12(2)24)9-13(11)5-16-19-6-14(18)7-20-16/h6-8,11,13H,3-5,9-10H2,1-2H3,(H,21,22,24). The molecule has 1 saturated heterocycles. The summed E-state index contributed by atoms with van der Waals surface area (Å²) in [6.07, 6.45) is 6.16. The van der Waals surface area contributed by atoms with Crippen LogP contribution in [-0.2, 0) is 17.8 Å². The van der Waals surface area contributed by atoms with E-state index in [1.807, 2.05) is 6.20 Å². The minimum Gasteiger partial charge on any atom is -0.302 e. The van der Waals surface area contributed by atoms with Crippen LogP contribution in [0.3, 0.4) is 0 Å². The fourth-order valence-corrected chi connectivity index (χ4v) is 4.02. The second-order valence-corrected chi connectivity index (χ2v) is 7.71.